The van der Waals surface area contributed by atoms with Crippen molar-refractivity contribution in [2.75, 3.05) is 19.6 Å². The number of likely N-dealkylation sites (tertiary alicyclic amines) is 1. The SMILES string of the molecule is Cl.NC[C@@H]1CN(C(=O)C2CC2c2ccc(F)c(F)c2)C[C@H]1c1ccccc1. The molecule has 1 aliphatic carbocycles. The highest BCUT2D eigenvalue weighted by Gasteiger charge is 2.48. The minimum Gasteiger partial charge on any atom is -0.341 e. The van der Waals surface area contributed by atoms with E-state index in [0.717, 1.165) is 6.07 Å². The maximum absolute atomic E-state index is 13.4. The molecule has 1 heterocycles. The lowest BCUT2D eigenvalue weighted by molar-refractivity contribution is -0.131. The zero-order chi connectivity index (χ0) is 18.3. The fourth-order valence-electron chi connectivity index (χ4n) is 4.18. The van der Waals surface area contributed by atoms with Crippen LogP contribution < -0.4 is 5.73 Å². The second-order valence-corrected chi connectivity index (χ2v) is 7.38. The molecule has 4 atom stereocenters. The van der Waals surface area contributed by atoms with Gasteiger partial charge in [-0.15, -0.1) is 12.4 Å². The molecule has 2 aromatic carbocycles. The van der Waals surface area contributed by atoms with Crippen LogP contribution in [0.5, 0.6) is 0 Å². The molecule has 1 saturated heterocycles. The van der Waals surface area contributed by atoms with E-state index in [1.54, 1.807) is 6.07 Å². The van der Waals surface area contributed by atoms with Gasteiger partial charge in [0.1, 0.15) is 0 Å². The Morgan fingerprint density at radius 2 is 1.74 bits per heavy atom. The number of hydrogen-bond acceptors (Lipinski definition) is 2. The van der Waals surface area contributed by atoms with Gasteiger partial charge < -0.3 is 10.6 Å². The van der Waals surface area contributed by atoms with E-state index in [4.69, 9.17) is 5.73 Å². The molecule has 2 N–H and O–H groups in total. The maximum Gasteiger partial charge on any atom is 0.226 e. The molecular formula is C21H23ClF2N2O. The Balaban J connectivity index is 0.00000210. The Morgan fingerprint density at radius 1 is 1.00 bits per heavy atom. The van der Waals surface area contributed by atoms with Crippen LogP contribution in [0.1, 0.15) is 29.4 Å². The molecule has 0 bridgehead atoms. The molecule has 1 aliphatic heterocycles. The smallest absolute Gasteiger partial charge is 0.226 e. The summed E-state index contributed by atoms with van der Waals surface area (Å²) in [5.41, 5.74) is 7.87. The van der Waals surface area contributed by atoms with Crippen LogP contribution in [0, 0.1) is 23.5 Å². The first-order valence-corrected chi connectivity index (χ1v) is 9.07. The predicted molar refractivity (Wildman–Crippen MR) is 103 cm³/mol. The van der Waals surface area contributed by atoms with Gasteiger partial charge in [0.15, 0.2) is 11.6 Å². The summed E-state index contributed by atoms with van der Waals surface area (Å²) >= 11 is 0. The first-order chi connectivity index (χ1) is 12.6. The minimum atomic E-state index is -0.853. The molecule has 2 fully saturated rings. The molecular weight excluding hydrogens is 370 g/mol. The van der Waals surface area contributed by atoms with Crippen LogP contribution in [0.2, 0.25) is 0 Å². The summed E-state index contributed by atoms with van der Waals surface area (Å²) in [4.78, 5) is 14.8. The Bertz CT molecular complexity index is 817. The normalized spacial score (nSPS) is 26.6. The van der Waals surface area contributed by atoms with E-state index in [9.17, 15) is 13.6 Å². The van der Waals surface area contributed by atoms with Crippen LogP contribution in [0.3, 0.4) is 0 Å². The number of benzene rings is 2. The molecule has 144 valence electrons. The van der Waals surface area contributed by atoms with Gasteiger partial charge in [0, 0.05) is 24.9 Å². The number of carbonyl (C=O) groups excluding carboxylic acids is 1. The lowest BCUT2D eigenvalue weighted by Crippen LogP contribution is -2.31. The maximum atomic E-state index is 13.4. The van der Waals surface area contributed by atoms with Crippen LogP contribution in [0.25, 0.3) is 0 Å². The molecule has 0 aromatic heterocycles. The summed E-state index contributed by atoms with van der Waals surface area (Å²) < 4.78 is 26.6. The molecule has 0 radical (unpaired) electrons. The zero-order valence-electron chi connectivity index (χ0n) is 14.9. The molecule has 4 rings (SSSR count). The lowest BCUT2D eigenvalue weighted by atomic mass is 9.89. The second kappa shape index (κ2) is 7.95. The number of halogens is 3. The second-order valence-electron chi connectivity index (χ2n) is 7.38. The van der Waals surface area contributed by atoms with Gasteiger partial charge >= 0.3 is 0 Å². The van der Waals surface area contributed by atoms with E-state index in [1.165, 1.54) is 11.6 Å². The number of rotatable bonds is 4. The van der Waals surface area contributed by atoms with E-state index < -0.39 is 11.6 Å². The van der Waals surface area contributed by atoms with Gasteiger partial charge in [-0.05, 0) is 48.1 Å². The summed E-state index contributed by atoms with van der Waals surface area (Å²) in [5, 5.41) is 0. The third-order valence-electron chi connectivity index (χ3n) is 5.76. The number of nitrogens with two attached hydrogens (primary N) is 1. The molecule has 1 saturated carbocycles. The number of nitrogens with zero attached hydrogens (tertiary/aromatic N) is 1. The summed E-state index contributed by atoms with van der Waals surface area (Å²) in [7, 11) is 0. The number of carbonyl (C=O) groups is 1. The fourth-order valence-corrected chi connectivity index (χ4v) is 4.18. The van der Waals surface area contributed by atoms with E-state index in [1.807, 2.05) is 23.1 Å². The average Bonchev–Trinajstić information content (AvgIpc) is 3.34. The Kier molecular flexibility index (Phi) is 5.82. The highest BCUT2D eigenvalue weighted by atomic mass is 35.5. The molecule has 2 aromatic rings. The largest absolute Gasteiger partial charge is 0.341 e. The fraction of sp³-hybridized carbons (Fsp3) is 0.381. The van der Waals surface area contributed by atoms with Crippen molar-refractivity contribution in [3.8, 4) is 0 Å². The van der Waals surface area contributed by atoms with Gasteiger partial charge in [-0.3, -0.25) is 4.79 Å². The third-order valence-corrected chi connectivity index (χ3v) is 5.76. The number of hydrogen-bond donors (Lipinski definition) is 1. The summed E-state index contributed by atoms with van der Waals surface area (Å²) in [6.45, 7) is 1.88. The standard InChI is InChI=1S/C21H22F2N2O.ClH/c22-19-7-6-14(8-20(19)23)16-9-17(16)21(26)25-11-15(10-24)18(12-25)13-4-2-1-3-5-13;/h1-8,15-18H,9-12,24H2;1H/t15-,16?,17?,18+;/m1./s1. The van der Waals surface area contributed by atoms with Crippen LogP contribution in [-0.2, 0) is 4.79 Å². The Morgan fingerprint density at radius 3 is 2.41 bits per heavy atom. The van der Waals surface area contributed by atoms with Crippen LogP contribution in [0.15, 0.2) is 48.5 Å². The van der Waals surface area contributed by atoms with Gasteiger partial charge in [-0.1, -0.05) is 36.4 Å². The molecule has 3 nitrogen and oxygen atoms in total. The quantitative estimate of drug-likeness (QED) is 0.862. The van der Waals surface area contributed by atoms with E-state index in [0.29, 0.717) is 31.6 Å². The molecule has 0 spiro atoms. The molecule has 2 unspecified atom stereocenters. The lowest BCUT2D eigenvalue weighted by Gasteiger charge is -2.17. The van der Waals surface area contributed by atoms with Crippen molar-refractivity contribution in [2.24, 2.45) is 17.6 Å². The monoisotopic (exact) mass is 392 g/mol. The van der Waals surface area contributed by atoms with Crippen molar-refractivity contribution in [2.45, 2.75) is 18.3 Å². The van der Waals surface area contributed by atoms with E-state index >= 15 is 0 Å². The molecule has 6 heteroatoms. The van der Waals surface area contributed by atoms with Crippen molar-refractivity contribution in [3.05, 3.63) is 71.3 Å². The molecule has 2 aliphatic rings. The Labute approximate surface area is 164 Å². The predicted octanol–water partition coefficient (Wildman–Crippen LogP) is 3.69. The van der Waals surface area contributed by atoms with Crippen LogP contribution >= 0.6 is 12.4 Å². The van der Waals surface area contributed by atoms with Crippen LogP contribution in [0.4, 0.5) is 8.78 Å². The topological polar surface area (TPSA) is 46.3 Å². The number of amides is 1. The minimum absolute atomic E-state index is 0. The van der Waals surface area contributed by atoms with Crippen molar-refractivity contribution >= 4 is 18.3 Å². The third kappa shape index (κ3) is 3.85. The van der Waals surface area contributed by atoms with Gasteiger partial charge in [-0.2, -0.15) is 0 Å². The van der Waals surface area contributed by atoms with Gasteiger partial charge in [-0.25, -0.2) is 8.78 Å². The van der Waals surface area contributed by atoms with Crippen LogP contribution in [-0.4, -0.2) is 30.4 Å². The summed E-state index contributed by atoms with van der Waals surface area (Å²) in [6, 6.07) is 14.1. The molecule has 27 heavy (non-hydrogen) atoms. The van der Waals surface area contributed by atoms with Crippen molar-refractivity contribution in [3.63, 3.8) is 0 Å². The van der Waals surface area contributed by atoms with Crippen molar-refractivity contribution in [1.82, 2.24) is 4.90 Å². The highest BCUT2D eigenvalue weighted by Crippen LogP contribution is 2.49. The van der Waals surface area contributed by atoms with Gasteiger partial charge in [0.05, 0.1) is 0 Å². The van der Waals surface area contributed by atoms with Gasteiger partial charge in [0.25, 0.3) is 0 Å². The van der Waals surface area contributed by atoms with Crippen molar-refractivity contribution in [1.29, 1.82) is 0 Å². The van der Waals surface area contributed by atoms with Gasteiger partial charge in [0.2, 0.25) is 5.91 Å². The summed E-state index contributed by atoms with van der Waals surface area (Å²) in [6.07, 6.45) is 0.698. The van der Waals surface area contributed by atoms with Crippen molar-refractivity contribution < 1.29 is 13.6 Å². The summed E-state index contributed by atoms with van der Waals surface area (Å²) in [5.74, 6) is -1.23. The zero-order valence-corrected chi connectivity index (χ0v) is 15.7. The highest BCUT2D eigenvalue weighted by molar-refractivity contribution is 5.85. The first-order valence-electron chi connectivity index (χ1n) is 9.07. The first kappa shape index (κ1) is 19.8. The molecule has 1 amide bonds. The van der Waals surface area contributed by atoms with E-state index in [-0.39, 0.29) is 42.0 Å². The average molecular weight is 393 g/mol. The Hall–Kier alpha value is -1.98. The van der Waals surface area contributed by atoms with E-state index in [2.05, 4.69) is 12.1 Å².